The third-order valence-corrected chi connectivity index (χ3v) is 5.91. The fourth-order valence-corrected chi connectivity index (χ4v) is 4.85. The summed E-state index contributed by atoms with van der Waals surface area (Å²) in [6.45, 7) is 9.82. The summed E-state index contributed by atoms with van der Waals surface area (Å²) < 4.78 is 0. The Hall–Kier alpha value is -3.16. The lowest BCUT2D eigenvalue weighted by Gasteiger charge is -2.35. The van der Waals surface area contributed by atoms with E-state index in [0.29, 0.717) is 23.5 Å². The smallest absolute Gasteiger partial charge is 0.258 e. The van der Waals surface area contributed by atoms with Gasteiger partial charge in [-0.25, -0.2) is 0 Å². The van der Waals surface area contributed by atoms with E-state index in [1.54, 1.807) is 0 Å². The van der Waals surface area contributed by atoms with Crippen molar-refractivity contribution in [2.75, 3.05) is 28.6 Å². The summed E-state index contributed by atoms with van der Waals surface area (Å²) in [6, 6.07) is 5.73. The van der Waals surface area contributed by atoms with Crippen molar-refractivity contribution in [3.63, 3.8) is 0 Å². The van der Waals surface area contributed by atoms with Crippen molar-refractivity contribution < 1.29 is 9.59 Å². The number of carbonyl (C=O) groups excluding carboxylic acids is 2. The van der Waals surface area contributed by atoms with E-state index in [1.807, 2.05) is 36.9 Å². The van der Waals surface area contributed by atoms with Gasteiger partial charge in [0, 0.05) is 25.2 Å². The molecule has 0 radical (unpaired) electrons. The Kier molecular flexibility index (Phi) is 5.56. The maximum Gasteiger partial charge on any atom is 0.258 e. The van der Waals surface area contributed by atoms with Gasteiger partial charge in [0.25, 0.3) is 5.56 Å². The highest BCUT2D eigenvalue weighted by Crippen LogP contribution is 2.31. The zero-order valence-electron chi connectivity index (χ0n) is 18.4. The van der Waals surface area contributed by atoms with Crippen molar-refractivity contribution in [1.82, 2.24) is 9.97 Å². The van der Waals surface area contributed by atoms with Gasteiger partial charge in [0.2, 0.25) is 17.8 Å². The number of hydrogen-bond acceptors (Lipinski definition) is 5. The molecule has 0 spiro atoms. The molecule has 164 valence electrons. The van der Waals surface area contributed by atoms with Gasteiger partial charge in [-0.15, -0.1) is 0 Å². The molecule has 1 fully saturated rings. The van der Waals surface area contributed by atoms with Crippen molar-refractivity contribution in [3.05, 3.63) is 45.2 Å². The van der Waals surface area contributed by atoms with E-state index >= 15 is 0 Å². The number of benzene rings is 1. The molecule has 1 saturated heterocycles. The Labute approximate surface area is 181 Å². The number of hydrogen-bond donors (Lipinski definition) is 3. The van der Waals surface area contributed by atoms with Crippen LogP contribution in [0.25, 0.3) is 0 Å². The van der Waals surface area contributed by atoms with Crippen LogP contribution in [-0.4, -0.2) is 34.9 Å². The lowest BCUT2D eigenvalue weighted by molar-refractivity contribution is -0.123. The van der Waals surface area contributed by atoms with E-state index in [0.717, 1.165) is 30.6 Å². The Morgan fingerprint density at radius 1 is 1.10 bits per heavy atom. The molecule has 0 bridgehead atoms. The predicted molar refractivity (Wildman–Crippen MR) is 121 cm³/mol. The van der Waals surface area contributed by atoms with Crippen LogP contribution in [0.15, 0.2) is 23.0 Å². The highest BCUT2D eigenvalue weighted by atomic mass is 16.2. The maximum absolute atomic E-state index is 13.0. The van der Waals surface area contributed by atoms with Crippen molar-refractivity contribution in [1.29, 1.82) is 0 Å². The van der Waals surface area contributed by atoms with Crippen LogP contribution in [0.1, 0.15) is 49.3 Å². The highest BCUT2D eigenvalue weighted by Gasteiger charge is 2.35. The number of piperidine rings is 1. The zero-order valence-corrected chi connectivity index (χ0v) is 18.4. The Morgan fingerprint density at radius 3 is 2.39 bits per heavy atom. The lowest BCUT2D eigenvalue weighted by atomic mass is 9.91. The van der Waals surface area contributed by atoms with Gasteiger partial charge in [-0.1, -0.05) is 19.9 Å². The number of nitrogens with one attached hydrogen (secondary N) is 3. The van der Waals surface area contributed by atoms with Crippen LogP contribution in [0.5, 0.6) is 0 Å². The summed E-state index contributed by atoms with van der Waals surface area (Å²) >= 11 is 0. The molecule has 0 unspecified atom stereocenters. The normalized spacial score (nSPS) is 23.2. The van der Waals surface area contributed by atoms with E-state index in [9.17, 15) is 14.4 Å². The second kappa shape index (κ2) is 8.17. The van der Waals surface area contributed by atoms with Crippen molar-refractivity contribution in [2.24, 2.45) is 11.8 Å². The molecular formula is C23H29N5O3. The average molecular weight is 424 g/mol. The van der Waals surface area contributed by atoms with Gasteiger partial charge in [0.1, 0.15) is 5.82 Å². The van der Waals surface area contributed by atoms with Crippen LogP contribution >= 0.6 is 0 Å². The largest absolute Gasteiger partial charge is 0.342 e. The number of nitrogens with zero attached hydrogens (tertiary/aromatic N) is 2. The van der Waals surface area contributed by atoms with E-state index in [-0.39, 0.29) is 35.2 Å². The molecule has 31 heavy (non-hydrogen) atoms. The van der Waals surface area contributed by atoms with E-state index in [1.165, 1.54) is 0 Å². The quantitative estimate of drug-likeness (QED) is 0.704. The molecule has 2 aromatic rings. The van der Waals surface area contributed by atoms with Crippen molar-refractivity contribution >= 4 is 29.3 Å². The van der Waals surface area contributed by atoms with Gasteiger partial charge in [0.05, 0.1) is 11.5 Å². The highest BCUT2D eigenvalue weighted by molar-refractivity contribution is 6.04. The minimum atomic E-state index is -0.894. The number of rotatable bonds is 3. The predicted octanol–water partition coefficient (Wildman–Crippen LogP) is 2.93. The fourth-order valence-electron chi connectivity index (χ4n) is 4.85. The third kappa shape index (κ3) is 4.47. The summed E-state index contributed by atoms with van der Waals surface area (Å²) in [6.07, 6.45) is 1.04. The van der Waals surface area contributed by atoms with Gasteiger partial charge < -0.3 is 15.5 Å². The summed E-state index contributed by atoms with van der Waals surface area (Å²) in [7, 11) is 0. The number of anilines is 3. The van der Waals surface area contributed by atoms with Crippen LogP contribution in [0.4, 0.5) is 17.5 Å². The molecule has 2 aliphatic heterocycles. The van der Waals surface area contributed by atoms with Crippen molar-refractivity contribution in [2.45, 2.75) is 46.5 Å². The fraction of sp³-hybridized carbons (Fsp3) is 0.478. The van der Waals surface area contributed by atoms with Gasteiger partial charge in [-0.05, 0) is 55.4 Å². The summed E-state index contributed by atoms with van der Waals surface area (Å²) in [5, 5.41) is 5.55. The topological polar surface area (TPSA) is 107 Å². The second-order valence-corrected chi connectivity index (χ2v) is 9.17. The lowest BCUT2D eigenvalue weighted by Crippen LogP contribution is -2.42. The Morgan fingerprint density at radius 2 is 1.74 bits per heavy atom. The van der Waals surface area contributed by atoms with Gasteiger partial charge in [0.15, 0.2) is 0 Å². The van der Waals surface area contributed by atoms with Crippen LogP contribution in [0.2, 0.25) is 0 Å². The molecule has 4 rings (SSSR count). The minimum Gasteiger partial charge on any atom is -0.342 e. The molecule has 8 nitrogen and oxygen atoms in total. The molecule has 1 aromatic carbocycles. The number of amides is 2. The molecular weight excluding hydrogens is 394 g/mol. The molecule has 1 aromatic heterocycles. The first kappa shape index (κ1) is 21.1. The molecule has 2 amide bonds. The number of fused-ring (bicyclic) bond motifs is 1. The second-order valence-electron chi connectivity index (χ2n) is 9.17. The third-order valence-electron chi connectivity index (χ3n) is 5.91. The number of aryl methyl sites for hydroxylation is 2. The first-order chi connectivity index (χ1) is 14.7. The summed E-state index contributed by atoms with van der Waals surface area (Å²) in [5.41, 5.74) is 2.51. The van der Waals surface area contributed by atoms with Crippen LogP contribution in [0, 0.1) is 25.7 Å². The molecule has 3 atom stereocenters. The molecule has 3 heterocycles. The summed E-state index contributed by atoms with van der Waals surface area (Å²) in [4.78, 5) is 47.9. The van der Waals surface area contributed by atoms with Crippen LogP contribution < -0.4 is 21.1 Å². The SMILES string of the molecule is Cc1cc(C)cc(NC(=O)[C@H]2CC(=O)Nc3nc(N4C[C@H](C)C[C@H](C)C4)[nH]c(=O)c32)c1. The molecule has 2 aliphatic rings. The van der Waals surface area contributed by atoms with Crippen LogP contribution in [-0.2, 0) is 9.59 Å². The number of aromatic nitrogens is 2. The van der Waals surface area contributed by atoms with Gasteiger partial charge in [-0.2, -0.15) is 4.98 Å². The number of H-pyrrole nitrogens is 1. The molecule has 3 N–H and O–H groups in total. The Balaban J connectivity index is 1.65. The standard InChI is InChI=1S/C23H29N5O3/c1-12-5-13(2)8-16(7-12)24-21(30)17-9-18(29)25-20-19(17)22(31)27-23(26-20)28-10-14(3)6-15(4)11-28/h5,7-8,14-15,17H,6,9-11H2,1-4H3,(H,24,30)(H2,25,26,27,29,31)/t14-,15+,17-/m0/s1. The molecule has 0 aliphatic carbocycles. The van der Waals surface area contributed by atoms with E-state index < -0.39 is 5.92 Å². The first-order valence-electron chi connectivity index (χ1n) is 10.8. The maximum atomic E-state index is 13.0. The number of aromatic amines is 1. The first-order valence-corrected chi connectivity index (χ1v) is 10.8. The number of carbonyl (C=O) groups is 2. The zero-order chi connectivity index (χ0) is 22.3. The van der Waals surface area contributed by atoms with Crippen LogP contribution in [0.3, 0.4) is 0 Å². The van der Waals surface area contributed by atoms with E-state index in [4.69, 9.17) is 0 Å². The molecule has 8 heteroatoms. The van der Waals surface area contributed by atoms with Gasteiger partial charge in [-0.3, -0.25) is 19.4 Å². The molecule has 0 saturated carbocycles. The Bertz CT molecular complexity index is 1060. The minimum absolute atomic E-state index is 0.0917. The van der Waals surface area contributed by atoms with Crippen molar-refractivity contribution in [3.8, 4) is 0 Å². The van der Waals surface area contributed by atoms with Gasteiger partial charge >= 0.3 is 0 Å². The monoisotopic (exact) mass is 423 g/mol. The van der Waals surface area contributed by atoms with E-state index in [2.05, 4.69) is 34.4 Å². The average Bonchev–Trinajstić information content (AvgIpc) is 2.65. The summed E-state index contributed by atoms with van der Waals surface area (Å²) in [5.74, 6) is -0.0146.